The Labute approximate surface area is 573 Å². The lowest BCUT2D eigenvalue weighted by Gasteiger charge is -2.26. The number of carbonyl (C=O) groups excluding carboxylic acids is 3. The van der Waals surface area contributed by atoms with Crippen LogP contribution in [0.3, 0.4) is 0 Å². The fraction of sp³-hybridized carbons (Fsp3) is 0.702. The summed E-state index contributed by atoms with van der Waals surface area (Å²) in [6, 6.07) is 0. The van der Waals surface area contributed by atoms with Gasteiger partial charge in [0.15, 0.2) is 12.4 Å². The van der Waals surface area contributed by atoms with Gasteiger partial charge in [-0.15, -0.1) is 0 Å². The molecule has 0 saturated carbocycles. The predicted octanol–water partition coefficient (Wildman–Crippen LogP) is 23.1. The summed E-state index contributed by atoms with van der Waals surface area (Å²) in [5.41, 5.74) is 0. The molecule has 0 rings (SSSR count). The molecular formula is C84H143NO8. The van der Waals surface area contributed by atoms with Crippen LogP contribution in [0.5, 0.6) is 0 Å². The second kappa shape index (κ2) is 73.2. The van der Waals surface area contributed by atoms with Crippen molar-refractivity contribution < 1.29 is 42.9 Å². The van der Waals surface area contributed by atoms with Gasteiger partial charge in [-0.3, -0.25) is 9.59 Å². The van der Waals surface area contributed by atoms with Gasteiger partial charge in [0.1, 0.15) is 13.2 Å². The summed E-state index contributed by atoms with van der Waals surface area (Å²) >= 11 is 0. The molecule has 0 amide bonds. The highest BCUT2D eigenvalue weighted by molar-refractivity contribution is 5.70. The standard InChI is InChI=1S/C84H143NO8/c1-6-8-10-12-14-16-18-20-22-24-26-28-30-32-34-36-38-40-41-43-45-47-49-51-53-55-57-59-61-63-65-67-69-71-73-75-82(87)93-80(79-92-84(83(88)89)90-77-76-85(3,4)5)78-91-81(86)74-72-70-68-66-64-62-60-58-56-54-52-50-48-46-44-42-39-37-35-33-31-29-27-25-23-21-19-17-15-13-11-9-7-2/h8,10,14,16,19-22,25-28,31-34,38,40,43,45,49,51,80,84H,6-7,9,11-13,15,17-18,23-24,29-30,35-37,39,41-42,44,46-48,50,52-79H2,1-5H3/b10-8-,16-14-,21-19-,22-20-,27-25-,28-26-,33-31-,34-32-,40-38-,45-43-,51-49-. The first-order valence-corrected chi connectivity index (χ1v) is 38.3. The molecule has 0 fully saturated rings. The minimum absolute atomic E-state index is 0.142. The van der Waals surface area contributed by atoms with Crippen LogP contribution in [0, 0.1) is 0 Å². The van der Waals surface area contributed by atoms with E-state index in [2.05, 4.69) is 148 Å². The SMILES string of the molecule is CC/C=C\C/C=C\C/C=C\C/C=C\C/C=C\C/C=C\C/C=C\C/C=C\CCCCCCCCCCCCC(=O)OC(COC(=O)CCCCCCCCCCCCCCCCCCCC/C=C\C/C=C\C/C=C\CCCCCCC)COC(OCC[N+](C)(C)C)C(=O)[O-]. The topological polar surface area (TPSA) is 111 Å². The van der Waals surface area contributed by atoms with Gasteiger partial charge in [-0.2, -0.15) is 0 Å². The van der Waals surface area contributed by atoms with Crippen LogP contribution < -0.4 is 5.11 Å². The molecule has 2 unspecified atom stereocenters. The van der Waals surface area contributed by atoms with Gasteiger partial charge in [-0.1, -0.05) is 327 Å². The Kier molecular flexibility index (Phi) is 69.6. The van der Waals surface area contributed by atoms with Crippen molar-refractivity contribution in [3.05, 3.63) is 134 Å². The van der Waals surface area contributed by atoms with Crippen molar-refractivity contribution in [3.63, 3.8) is 0 Å². The van der Waals surface area contributed by atoms with Gasteiger partial charge in [0.05, 0.1) is 40.3 Å². The molecule has 0 aromatic rings. The molecule has 0 radical (unpaired) electrons. The van der Waals surface area contributed by atoms with E-state index in [0.29, 0.717) is 17.4 Å². The van der Waals surface area contributed by atoms with Gasteiger partial charge in [0, 0.05) is 12.8 Å². The molecule has 0 aliphatic heterocycles. The monoisotopic (exact) mass is 1290 g/mol. The Morgan fingerprint density at radius 1 is 0.333 bits per heavy atom. The van der Waals surface area contributed by atoms with Gasteiger partial charge in [0.25, 0.3) is 0 Å². The summed E-state index contributed by atoms with van der Waals surface area (Å²) in [6.07, 6.45) is 103. The first-order chi connectivity index (χ1) is 45.6. The fourth-order valence-corrected chi connectivity index (χ4v) is 10.6. The number of carbonyl (C=O) groups is 3. The van der Waals surface area contributed by atoms with Crippen LogP contribution in [-0.4, -0.2) is 82.3 Å². The molecule has 0 spiro atoms. The molecule has 2 atom stereocenters. The first kappa shape index (κ1) is 88.4. The van der Waals surface area contributed by atoms with Gasteiger partial charge in [-0.05, 0) is 116 Å². The number of allylic oxidation sites excluding steroid dienone is 22. The van der Waals surface area contributed by atoms with Crippen molar-refractivity contribution in [2.45, 2.75) is 334 Å². The molecule has 9 heteroatoms. The van der Waals surface area contributed by atoms with E-state index in [4.69, 9.17) is 18.9 Å². The van der Waals surface area contributed by atoms with E-state index < -0.39 is 24.3 Å². The van der Waals surface area contributed by atoms with Crippen LogP contribution in [0.15, 0.2) is 134 Å². The Morgan fingerprint density at radius 2 is 0.613 bits per heavy atom. The molecule has 532 valence electrons. The van der Waals surface area contributed by atoms with Gasteiger partial charge < -0.3 is 33.3 Å². The molecule has 0 N–H and O–H groups in total. The largest absolute Gasteiger partial charge is 0.545 e. The molecule has 0 aromatic carbocycles. The number of unbranched alkanes of at least 4 members (excludes halogenated alkanes) is 33. The Hall–Kier alpha value is -4.57. The number of ether oxygens (including phenoxy) is 4. The average molecular weight is 1300 g/mol. The highest BCUT2D eigenvalue weighted by Gasteiger charge is 2.22. The van der Waals surface area contributed by atoms with E-state index in [-0.39, 0.29) is 38.6 Å². The molecule has 93 heavy (non-hydrogen) atoms. The van der Waals surface area contributed by atoms with Crippen molar-refractivity contribution in [3.8, 4) is 0 Å². The van der Waals surface area contributed by atoms with E-state index >= 15 is 0 Å². The molecule has 0 saturated heterocycles. The van der Waals surface area contributed by atoms with Gasteiger partial charge in [0.2, 0.25) is 0 Å². The number of likely N-dealkylation sites (N-methyl/N-ethyl adjacent to an activating group) is 1. The number of carboxylic acid groups (broad SMARTS) is 1. The number of esters is 2. The number of nitrogens with zero attached hydrogens (tertiary/aromatic N) is 1. The minimum atomic E-state index is -1.63. The van der Waals surface area contributed by atoms with Crippen LogP contribution in [0.2, 0.25) is 0 Å². The van der Waals surface area contributed by atoms with Crippen molar-refractivity contribution in [1.29, 1.82) is 0 Å². The third kappa shape index (κ3) is 74.7. The van der Waals surface area contributed by atoms with Crippen LogP contribution in [0.25, 0.3) is 0 Å². The third-order valence-corrected chi connectivity index (χ3v) is 16.4. The van der Waals surface area contributed by atoms with E-state index in [1.165, 1.54) is 180 Å². The zero-order valence-electron chi connectivity index (χ0n) is 60.8. The summed E-state index contributed by atoms with van der Waals surface area (Å²) in [5, 5.41) is 11.9. The highest BCUT2D eigenvalue weighted by atomic mass is 16.7. The van der Waals surface area contributed by atoms with Crippen molar-refractivity contribution in [1.82, 2.24) is 0 Å². The minimum Gasteiger partial charge on any atom is -0.545 e. The Morgan fingerprint density at radius 3 is 0.914 bits per heavy atom. The maximum atomic E-state index is 13.0. The van der Waals surface area contributed by atoms with Gasteiger partial charge in [-0.25, -0.2) is 0 Å². The summed E-state index contributed by atoms with van der Waals surface area (Å²) < 4.78 is 22.8. The normalized spacial score (nSPS) is 13.4. The highest BCUT2D eigenvalue weighted by Crippen LogP contribution is 2.18. The molecule has 0 heterocycles. The lowest BCUT2D eigenvalue weighted by molar-refractivity contribution is -0.870. The fourth-order valence-electron chi connectivity index (χ4n) is 10.6. The number of aliphatic carboxylic acids is 1. The molecule has 0 bridgehead atoms. The number of hydrogen-bond donors (Lipinski definition) is 0. The summed E-state index contributed by atoms with van der Waals surface area (Å²) in [5.74, 6) is -2.28. The number of rotatable bonds is 70. The quantitative estimate of drug-likeness (QED) is 0.0195. The van der Waals surface area contributed by atoms with E-state index in [9.17, 15) is 19.5 Å². The van der Waals surface area contributed by atoms with Crippen molar-refractivity contribution >= 4 is 17.9 Å². The third-order valence-electron chi connectivity index (χ3n) is 16.4. The molecular weight excluding hydrogens is 1150 g/mol. The van der Waals surface area contributed by atoms with Gasteiger partial charge >= 0.3 is 11.9 Å². The van der Waals surface area contributed by atoms with E-state index in [1.54, 1.807) is 0 Å². The molecule has 9 nitrogen and oxygen atoms in total. The second-order valence-corrected chi connectivity index (χ2v) is 26.6. The van der Waals surface area contributed by atoms with Crippen LogP contribution >= 0.6 is 0 Å². The zero-order chi connectivity index (χ0) is 67.5. The number of hydrogen-bond acceptors (Lipinski definition) is 8. The maximum Gasteiger partial charge on any atom is 0.306 e. The van der Waals surface area contributed by atoms with Crippen LogP contribution in [0.1, 0.15) is 322 Å². The van der Waals surface area contributed by atoms with Crippen LogP contribution in [-0.2, 0) is 33.3 Å². The zero-order valence-corrected chi connectivity index (χ0v) is 60.8. The lowest BCUT2D eigenvalue weighted by atomic mass is 10.0. The smallest absolute Gasteiger partial charge is 0.306 e. The molecule has 0 aliphatic rings. The summed E-state index contributed by atoms with van der Waals surface area (Å²) in [6.45, 7) is 4.64. The van der Waals surface area contributed by atoms with Crippen molar-refractivity contribution in [2.24, 2.45) is 0 Å². The summed E-state index contributed by atoms with van der Waals surface area (Å²) in [7, 11) is 5.93. The number of quaternary nitrogens is 1. The lowest BCUT2D eigenvalue weighted by Crippen LogP contribution is -2.44. The molecule has 0 aromatic heterocycles. The van der Waals surface area contributed by atoms with E-state index in [0.717, 1.165) is 109 Å². The second-order valence-electron chi connectivity index (χ2n) is 26.6. The maximum absolute atomic E-state index is 13.0. The average Bonchev–Trinajstić information content (AvgIpc) is 3.74. The van der Waals surface area contributed by atoms with E-state index in [1.807, 2.05) is 21.1 Å². The number of carboxylic acids is 1. The van der Waals surface area contributed by atoms with Crippen LogP contribution in [0.4, 0.5) is 0 Å². The Balaban J connectivity index is 4.10. The first-order valence-electron chi connectivity index (χ1n) is 38.3. The molecule has 0 aliphatic carbocycles. The van der Waals surface area contributed by atoms with Crippen molar-refractivity contribution in [2.75, 3.05) is 47.5 Å². The Bertz CT molecular complexity index is 2000. The predicted molar refractivity (Wildman–Crippen MR) is 398 cm³/mol. The summed E-state index contributed by atoms with van der Waals surface area (Å²) in [4.78, 5) is 37.6.